The van der Waals surface area contributed by atoms with Gasteiger partial charge in [-0.1, -0.05) is 51.9 Å². The molecule has 0 saturated heterocycles. The van der Waals surface area contributed by atoms with Gasteiger partial charge < -0.3 is 0 Å². The van der Waals surface area contributed by atoms with Gasteiger partial charge in [-0.15, -0.1) is 0 Å². The van der Waals surface area contributed by atoms with Crippen LogP contribution in [0.1, 0.15) is 130 Å². The molecule has 0 aromatic heterocycles. The van der Waals surface area contributed by atoms with Crippen LogP contribution in [0.4, 0.5) is 22.0 Å². The Morgan fingerprint density at radius 3 is 1.85 bits per heavy atom. The monoisotopic (exact) mass is 557 g/mol. The topological polar surface area (TPSA) is 23.8 Å². The number of nitrogens with zero attached hydrogens (tertiary/aromatic N) is 1. The molecule has 2 fully saturated rings. The molecule has 0 radical (unpaired) electrons. The standard InChI is InChI=1S/C34H40F5N/c1-2-3-20-4-6-21(7-5-20)8-9-22-10-15-26-27(16-22)33(38)34(39)31(32(26)37)24-13-11-23(12-14-24)25-17-29(35)28(19-40)30(36)18-25/h17-18,20-24H,2-16H2,1H3. The summed E-state index contributed by atoms with van der Waals surface area (Å²) >= 11 is 0. The molecule has 0 N–H and O–H groups in total. The predicted octanol–water partition coefficient (Wildman–Crippen LogP) is 10.2. The van der Waals surface area contributed by atoms with Gasteiger partial charge in [0.15, 0.2) is 11.6 Å². The molecule has 3 aliphatic rings. The van der Waals surface area contributed by atoms with Gasteiger partial charge in [0.2, 0.25) is 0 Å². The molecule has 2 aromatic carbocycles. The summed E-state index contributed by atoms with van der Waals surface area (Å²) in [5.74, 6) is -3.09. The molecule has 2 saturated carbocycles. The van der Waals surface area contributed by atoms with E-state index in [9.17, 15) is 8.78 Å². The van der Waals surface area contributed by atoms with Crippen molar-refractivity contribution in [3.8, 4) is 6.07 Å². The molecule has 0 amide bonds. The van der Waals surface area contributed by atoms with Crippen LogP contribution in [0.3, 0.4) is 0 Å². The molecule has 0 bridgehead atoms. The van der Waals surface area contributed by atoms with E-state index >= 15 is 13.2 Å². The summed E-state index contributed by atoms with van der Waals surface area (Å²) in [7, 11) is 0. The first-order valence-electron chi connectivity index (χ1n) is 15.4. The van der Waals surface area contributed by atoms with E-state index in [1.807, 2.05) is 0 Å². The maximum absolute atomic E-state index is 15.8. The van der Waals surface area contributed by atoms with E-state index in [-0.39, 0.29) is 23.0 Å². The van der Waals surface area contributed by atoms with Gasteiger partial charge in [-0.3, -0.25) is 0 Å². The Bertz CT molecular complexity index is 1230. The quantitative estimate of drug-likeness (QED) is 0.245. The van der Waals surface area contributed by atoms with Crippen molar-refractivity contribution >= 4 is 0 Å². The number of halogens is 5. The summed E-state index contributed by atoms with van der Waals surface area (Å²) in [6, 6.07) is 3.89. The van der Waals surface area contributed by atoms with Crippen LogP contribution in [0.5, 0.6) is 0 Å². The zero-order chi connectivity index (χ0) is 28.4. The second kappa shape index (κ2) is 12.6. The molecule has 216 valence electrons. The zero-order valence-electron chi connectivity index (χ0n) is 23.5. The van der Waals surface area contributed by atoms with Crippen molar-refractivity contribution in [1.82, 2.24) is 0 Å². The van der Waals surface area contributed by atoms with Crippen LogP contribution < -0.4 is 0 Å². The molecule has 40 heavy (non-hydrogen) atoms. The highest BCUT2D eigenvalue weighted by Crippen LogP contribution is 2.45. The molecule has 2 aromatic rings. The molecule has 0 spiro atoms. The van der Waals surface area contributed by atoms with Crippen molar-refractivity contribution in [2.24, 2.45) is 17.8 Å². The maximum atomic E-state index is 15.8. The second-order valence-electron chi connectivity index (χ2n) is 12.7. The lowest BCUT2D eigenvalue weighted by molar-refractivity contribution is 0.235. The highest BCUT2D eigenvalue weighted by atomic mass is 19.2. The molecule has 6 heteroatoms. The van der Waals surface area contributed by atoms with Gasteiger partial charge in [0.25, 0.3) is 0 Å². The van der Waals surface area contributed by atoms with E-state index in [2.05, 4.69) is 6.92 Å². The highest BCUT2D eigenvalue weighted by molar-refractivity contribution is 5.41. The molecule has 1 atom stereocenters. The normalized spacial score (nSPS) is 26.8. The smallest absolute Gasteiger partial charge is 0.165 e. The zero-order valence-corrected chi connectivity index (χ0v) is 23.5. The summed E-state index contributed by atoms with van der Waals surface area (Å²) in [5, 5.41) is 8.91. The first kappa shape index (κ1) is 29.1. The minimum absolute atomic E-state index is 0.144. The number of fused-ring (bicyclic) bond motifs is 1. The Balaban J connectivity index is 1.22. The summed E-state index contributed by atoms with van der Waals surface area (Å²) in [4.78, 5) is 0. The molecule has 1 unspecified atom stereocenters. The number of rotatable bonds is 7. The van der Waals surface area contributed by atoms with E-state index in [0.29, 0.717) is 49.7 Å². The summed E-state index contributed by atoms with van der Waals surface area (Å²) in [6.07, 6.45) is 13.3. The minimum Gasteiger partial charge on any atom is -0.206 e. The lowest BCUT2D eigenvalue weighted by atomic mass is 9.73. The Morgan fingerprint density at radius 2 is 1.25 bits per heavy atom. The van der Waals surface area contributed by atoms with Crippen LogP contribution in [0.25, 0.3) is 0 Å². The largest absolute Gasteiger partial charge is 0.206 e. The minimum atomic E-state index is -1.05. The first-order chi connectivity index (χ1) is 19.3. The van der Waals surface area contributed by atoms with Crippen LogP contribution in [-0.2, 0) is 12.8 Å². The molecule has 0 aliphatic heterocycles. The third-order valence-corrected chi connectivity index (χ3v) is 10.3. The molecular weight excluding hydrogens is 517 g/mol. The van der Waals surface area contributed by atoms with E-state index < -0.39 is 40.6 Å². The van der Waals surface area contributed by atoms with Crippen molar-refractivity contribution in [2.45, 2.75) is 115 Å². The van der Waals surface area contributed by atoms with Crippen LogP contribution in [0.15, 0.2) is 12.1 Å². The molecular formula is C34H40F5N. The summed E-state index contributed by atoms with van der Waals surface area (Å²) in [6.45, 7) is 2.25. The fourth-order valence-electron chi connectivity index (χ4n) is 7.93. The fourth-order valence-corrected chi connectivity index (χ4v) is 7.93. The van der Waals surface area contributed by atoms with Crippen molar-refractivity contribution in [1.29, 1.82) is 5.26 Å². The lowest BCUT2D eigenvalue weighted by Crippen LogP contribution is -2.23. The van der Waals surface area contributed by atoms with Crippen LogP contribution >= 0.6 is 0 Å². The van der Waals surface area contributed by atoms with Crippen LogP contribution in [0.2, 0.25) is 0 Å². The average Bonchev–Trinajstić information content (AvgIpc) is 2.96. The van der Waals surface area contributed by atoms with Crippen LogP contribution in [-0.4, -0.2) is 0 Å². The van der Waals surface area contributed by atoms with E-state index in [1.165, 1.54) is 56.7 Å². The maximum Gasteiger partial charge on any atom is 0.165 e. The predicted molar refractivity (Wildman–Crippen MR) is 146 cm³/mol. The van der Waals surface area contributed by atoms with Gasteiger partial charge in [-0.05, 0) is 110 Å². The van der Waals surface area contributed by atoms with Crippen molar-refractivity contribution in [3.05, 3.63) is 69.0 Å². The Hall–Kier alpha value is -2.42. The van der Waals surface area contributed by atoms with Crippen LogP contribution in [0, 0.1) is 58.2 Å². The molecule has 1 nitrogen and oxygen atoms in total. The second-order valence-corrected chi connectivity index (χ2v) is 12.7. The fraction of sp³-hybridized carbons (Fsp3) is 0.618. The molecule has 0 heterocycles. The van der Waals surface area contributed by atoms with Gasteiger partial charge in [0, 0.05) is 5.56 Å². The Labute approximate surface area is 235 Å². The van der Waals surface area contributed by atoms with Gasteiger partial charge in [0.05, 0.1) is 0 Å². The van der Waals surface area contributed by atoms with Crippen molar-refractivity contribution in [2.75, 3.05) is 0 Å². The van der Waals surface area contributed by atoms with Crippen molar-refractivity contribution < 1.29 is 22.0 Å². The van der Waals surface area contributed by atoms with E-state index in [1.54, 1.807) is 0 Å². The third kappa shape index (κ3) is 5.95. The number of hydrogen-bond acceptors (Lipinski definition) is 1. The third-order valence-electron chi connectivity index (χ3n) is 10.3. The summed E-state index contributed by atoms with van der Waals surface area (Å²) in [5.41, 5.74) is 0.282. The van der Waals surface area contributed by atoms with E-state index in [0.717, 1.165) is 31.1 Å². The number of hydrogen-bond donors (Lipinski definition) is 0. The Morgan fingerprint density at radius 1 is 0.675 bits per heavy atom. The Kier molecular flexibility index (Phi) is 9.18. The van der Waals surface area contributed by atoms with E-state index in [4.69, 9.17) is 5.26 Å². The number of nitriles is 1. The highest BCUT2D eigenvalue weighted by Gasteiger charge is 2.35. The molecule has 5 rings (SSSR count). The van der Waals surface area contributed by atoms with Gasteiger partial charge in [0.1, 0.15) is 29.1 Å². The molecule has 3 aliphatic carbocycles. The van der Waals surface area contributed by atoms with Crippen molar-refractivity contribution in [3.63, 3.8) is 0 Å². The van der Waals surface area contributed by atoms with Gasteiger partial charge in [-0.2, -0.15) is 5.26 Å². The average molecular weight is 558 g/mol. The van der Waals surface area contributed by atoms with Gasteiger partial charge in [-0.25, -0.2) is 22.0 Å². The first-order valence-corrected chi connectivity index (χ1v) is 15.4. The van der Waals surface area contributed by atoms with Gasteiger partial charge >= 0.3 is 0 Å². The lowest BCUT2D eigenvalue weighted by Gasteiger charge is -2.33. The SMILES string of the molecule is CCCC1CCC(CCC2CCc3c(F)c(C4CCC(c5cc(F)c(C#N)c(F)c5)CC4)c(F)c(F)c3C2)CC1. The number of benzene rings is 2. The summed E-state index contributed by atoms with van der Waals surface area (Å²) < 4.78 is 74.8.